The van der Waals surface area contributed by atoms with Gasteiger partial charge in [0, 0.05) is 17.5 Å². The van der Waals surface area contributed by atoms with E-state index < -0.39 is 5.60 Å². The van der Waals surface area contributed by atoms with Crippen LogP contribution in [0.3, 0.4) is 0 Å². The van der Waals surface area contributed by atoms with Gasteiger partial charge in [-0.3, -0.25) is 0 Å². The van der Waals surface area contributed by atoms with Gasteiger partial charge in [0.1, 0.15) is 0 Å². The Morgan fingerprint density at radius 1 is 1.10 bits per heavy atom. The van der Waals surface area contributed by atoms with Gasteiger partial charge in [0.2, 0.25) is 0 Å². The maximum Gasteiger partial charge on any atom is 0.186 e. The summed E-state index contributed by atoms with van der Waals surface area (Å²) in [6, 6.07) is 15.9. The number of ether oxygens (including phenoxy) is 1. The summed E-state index contributed by atoms with van der Waals surface area (Å²) in [5, 5.41) is 0.694. The molecule has 0 bridgehead atoms. The summed E-state index contributed by atoms with van der Waals surface area (Å²) >= 11 is 6.12. The molecule has 104 valence electrons. The Labute approximate surface area is 129 Å². The van der Waals surface area contributed by atoms with E-state index in [4.69, 9.17) is 16.3 Å². The second-order valence-electron chi connectivity index (χ2n) is 4.79. The highest BCUT2D eigenvalue weighted by molar-refractivity contribution is 6.30. The van der Waals surface area contributed by atoms with E-state index in [1.54, 1.807) is 0 Å². The van der Waals surface area contributed by atoms with Crippen LogP contribution in [0, 0.1) is 0 Å². The molecule has 1 heterocycles. The molecule has 0 fully saturated rings. The average Bonchev–Trinajstić information content (AvgIpc) is 2.41. The van der Waals surface area contributed by atoms with Crippen LogP contribution < -0.4 is 0 Å². The van der Waals surface area contributed by atoms with E-state index in [1.165, 1.54) is 0 Å². The summed E-state index contributed by atoms with van der Waals surface area (Å²) < 4.78 is 6.03. The van der Waals surface area contributed by atoms with Crippen LogP contribution in [-0.2, 0) is 10.3 Å². The molecular weight excluding hydrogens is 293 g/mol. The van der Waals surface area contributed by atoms with Crippen LogP contribution in [0.5, 0.6) is 0 Å². The van der Waals surface area contributed by atoms with E-state index in [2.05, 4.69) is 24.0 Å². The molecule has 0 amide bonds. The molecular formula is C16H15Cl2NO. The number of aliphatic imine (C=N–C) groups is 1. The third-order valence-electron chi connectivity index (χ3n) is 3.43. The minimum absolute atomic E-state index is 0. The third-order valence-corrected chi connectivity index (χ3v) is 3.66. The van der Waals surface area contributed by atoms with Crippen LogP contribution in [0.4, 0.5) is 5.69 Å². The molecule has 2 nitrogen and oxygen atoms in total. The SMILES string of the molecule is CC1=Nc2ccc(Cl)cc2C(C)(c2ccccc2)O1.Cl. The lowest BCUT2D eigenvalue weighted by Gasteiger charge is -2.35. The summed E-state index contributed by atoms with van der Waals surface area (Å²) in [4.78, 5) is 4.44. The van der Waals surface area contributed by atoms with Gasteiger partial charge in [-0.05, 0) is 30.7 Å². The Hall–Kier alpha value is -1.51. The molecule has 3 rings (SSSR count). The summed E-state index contributed by atoms with van der Waals surface area (Å²) in [5.41, 5.74) is 2.46. The summed E-state index contributed by atoms with van der Waals surface area (Å²) in [6.45, 7) is 3.93. The first kappa shape index (κ1) is 14.9. The van der Waals surface area contributed by atoms with Crippen molar-refractivity contribution in [1.82, 2.24) is 0 Å². The standard InChI is InChI=1S/C16H14ClNO.ClH/c1-11-18-15-9-8-13(17)10-14(15)16(2,19-11)12-6-4-3-5-7-12;/h3-10H,1-2H3;1H. The second-order valence-corrected chi connectivity index (χ2v) is 5.23. The number of fused-ring (bicyclic) bond motifs is 1. The highest BCUT2D eigenvalue weighted by atomic mass is 35.5. The molecule has 20 heavy (non-hydrogen) atoms. The lowest BCUT2D eigenvalue weighted by Crippen LogP contribution is -2.32. The fourth-order valence-electron chi connectivity index (χ4n) is 2.50. The van der Waals surface area contributed by atoms with Crippen molar-refractivity contribution in [2.45, 2.75) is 19.4 Å². The van der Waals surface area contributed by atoms with Gasteiger partial charge in [0.05, 0.1) is 5.69 Å². The molecule has 4 heteroatoms. The lowest BCUT2D eigenvalue weighted by molar-refractivity contribution is 0.112. The molecule has 2 aromatic carbocycles. The first-order valence-corrected chi connectivity index (χ1v) is 6.57. The Morgan fingerprint density at radius 2 is 1.80 bits per heavy atom. The Balaban J connectivity index is 0.00000147. The third kappa shape index (κ3) is 2.41. The van der Waals surface area contributed by atoms with E-state index in [9.17, 15) is 0 Å². The van der Waals surface area contributed by atoms with Crippen LogP contribution in [-0.4, -0.2) is 5.90 Å². The van der Waals surface area contributed by atoms with E-state index in [0.717, 1.165) is 16.8 Å². The van der Waals surface area contributed by atoms with E-state index in [0.29, 0.717) is 10.9 Å². The molecule has 0 aromatic heterocycles. The van der Waals surface area contributed by atoms with E-state index in [1.807, 2.05) is 43.3 Å². The predicted molar refractivity (Wildman–Crippen MR) is 85.5 cm³/mol. The van der Waals surface area contributed by atoms with Gasteiger partial charge < -0.3 is 4.74 Å². The lowest BCUT2D eigenvalue weighted by atomic mass is 9.86. The predicted octanol–water partition coefficient (Wildman–Crippen LogP) is 5.11. The fourth-order valence-corrected chi connectivity index (χ4v) is 2.67. The summed E-state index contributed by atoms with van der Waals surface area (Å²) in [7, 11) is 0. The van der Waals surface area contributed by atoms with Crippen LogP contribution in [0.2, 0.25) is 5.02 Å². The molecule has 1 atom stereocenters. The minimum Gasteiger partial charge on any atom is -0.465 e. The van der Waals surface area contributed by atoms with Gasteiger partial charge in [-0.2, -0.15) is 0 Å². The Kier molecular flexibility index (Phi) is 4.07. The molecule has 0 saturated carbocycles. The molecule has 0 N–H and O–H groups in total. The smallest absolute Gasteiger partial charge is 0.186 e. The van der Waals surface area contributed by atoms with Crippen LogP contribution in [0.15, 0.2) is 53.5 Å². The van der Waals surface area contributed by atoms with Crippen LogP contribution in [0.25, 0.3) is 0 Å². The topological polar surface area (TPSA) is 21.6 Å². The maximum atomic E-state index is 6.12. The average molecular weight is 308 g/mol. The highest BCUT2D eigenvalue weighted by Crippen LogP contribution is 2.43. The number of benzene rings is 2. The molecule has 0 saturated heterocycles. The number of hydrogen-bond acceptors (Lipinski definition) is 2. The van der Waals surface area contributed by atoms with Crippen molar-refractivity contribution < 1.29 is 4.74 Å². The zero-order valence-electron chi connectivity index (χ0n) is 11.3. The highest BCUT2D eigenvalue weighted by Gasteiger charge is 2.36. The first-order valence-electron chi connectivity index (χ1n) is 6.19. The number of rotatable bonds is 1. The number of nitrogens with zero attached hydrogens (tertiary/aromatic N) is 1. The molecule has 0 radical (unpaired) electrons. The maximum absolute atomic E-state index is 6.12. The molecule has 2 aromatic rings. The zero-order chi connectivity index (χ0) is 13.5. The van der Waals surface area contributed by atoms with E-state index >= 15 is 0 Å². The molecule has 0 spiro atoms. The van der Waals surface area contributed by atoms with Gasteiger partial charge >= 0.3 is 0 Å². The van der Waals surface area contributed by atoms with Crippen LogP contribution >= 0.6 is 24.0 Å². The van der Waals surface area contributed by atoms with Gasteiger partial charge in [-0.1, -0.05) is 41.9 Å². The quantitative estimate of drug-likeness (QED) is 0.717. The van der Waals surface area contributed by atoms with Crippen molar-refractivity contribution in [3.05, 3.63) is 64.7 Å². The van der Waals surface area contributed by atoms with E-state index in [-0.39, 0.29) is 12.4 Å². The van der Waals surface area contributed by atoms with Gasteiger partial charge in [-0.25, -0.2) is 4.99 Å². The minimum atomic E-state index is -0.548. The van der Waals surface area contributed by atoms with Gasteiger partial charge in [0.25, 0.3) is 0 Å². The summed E-state index contributed by atoms with van der Waals surface area (Å²) in [5.74, 6) is 0.668. The Bertz CT molecular complexity index is 655. The van der Waals surface area contributed by atoms with Crippen molar-refractivity contribution in [3.8, 4) is 0 Å². The second kappa shape index (κ2) is 5.47. The fraction of sp³-hybridized carbons (Fsp3) is 0.188. The van der Waals surface area contributed by atoms with Crippen molar-refractivity contribution in [2.24, 2.45) is 4.99 Å². The zero-order valence-corrected chi connectivity index (χ0v) is 12.8. The molecule has 1 aliphatic rings. The normalized spacial score (nSPS) is 20.2. The molecule has 0 aliphatic carbocycles. The number of hydrogen-bond donors (Lipinski definition) is 0. The molecule has 1 unspecified atom stereocenters. The number of halogens is 2. The monoisotopic (exact) mass is 307 g/mol. The van der Waals surface area contributed by atoms with Gasteiger partial charge in [-0.15, -0.1) is 12.4 Å². The first-order chi connectivity index (χ1) is 9.09. The van der Waals surface area contributed by atoms with Crippen molar-refractivity contribution in [1.29, 1.82) is 0 Å². The van der Waals surface area contributed by atoms with Gasteiger partial charge in [0.15, 0.2) is 11.5 Å². The Morgan fingerprint density at radius 3 is 2.50 bits per heavy atom. The van der Waals surface area contributed by atoms with Crippen molar-refractivity contribution >= 4 is 35.6 Å². The summed E-state index contributed by atoms with van der Waals surface area (Å²) in [6.07, 6.45) is 0. The largest absolute Gasteiger partial charge is 0.465 e. The molecule has 1 aliphatic heterocycles. The van der Waals surface area contributed by atoms with Crippen LogP contribution in [0.1, 0.15) is 25.0 Å². The van der Waals surface area contributed by atoms with Crippen molar-refractivity contribution in [2.75, 3.05) is 0 Å². The van der Waals surface area contributed by atoms with Crippen molar-refractivity contribution in [3.63, 3.8) is 0 Å².